The van der Waals surface area contributed by atoms with Crippen molar-refractivity contribution < 1.29 is 0 Å². The molecule has 4 nitrogen and oxygen atoms in total. The number of aromatic amines is 1. The number of hydrogen-bond donors (Lipinski definition) is 3. The molecule has 0 bridgehead atoms. The van der Waals surface area contributed by atoms with E-state index in [1.54, 1.807) is 6.33 Å². The summed E-state index contributed by atoms with van der Waals surface area (Å²) in [5.74, 6) is 0. The van der Waals surface area contributed by atoms with Gasteiger partial charge in [0.1, 0.15) is 0 Å². The fraction of sp³-hybridized carbons (Fsp3) is 0. The summed E-state index contributed by atoms with van der Waals surface area (Å²) in [7, 11) is 0. The van der Waals surface area contributed by atoms with Crippen molar-refractivity contribution in [1.29, 1.82) is 0 Å². The minimum atomic E-state index is 0.560. The number of aromatic nitrogens is 2. The number of H-pyrrole nitrogens is 1. The first-order chi connectivity index (χ1) is 9.31. The van der Waals surface area contributed by atoms with Crippen LogP contribution in [0.5, 0.6) is 0 Å². The molecule has 0 saturated heterocycles. The molecule has 3 rings (SSSR count). The number of anilines is 2. The summed E-state index contributed by atoms with van der Waals surface area (Å²) in [5, 5.41) is 6.83. The molecule has 0 amide bonds. The molecule has 3 N–H and O–H groups in total. The second kappa shape index (κ2) is 5.07. The number of hydrogen-bond acceptors (Lipinski definition) is 2. The smallest absolute Gasteiger partial charge is 0.175 e. The van der Waals surface area contributed by atoms with Crippen molar-refractivity contribution in [2.75, 3.05) is 10.6 Å². The van der Waals surface area contributed by atoms with Crippen LogP contribution in [0.4, 0.5) is 11.4 Å². The zero-order valence-corrected chi connectivity index (χ0v) is 10.9. The Kier molecular flexibility index (Phi) is 3.12. The fourth-order valence-electron chi connectivity index (χ4n) is 1.83. The van der Waals surface area contributed by atoms with E-state index >= 15 is 0 Å². The molecule has 5 heteroatoms. The van der Waals surface area contributed by atoms with Crippen LogP contribution in [0.3, 0.4) is 0 Å². The largest absolute Gasteiger partial charge is 0.345 e. The average Bonchev–Trinajstić information content (AvgIpc) is 2.87. The van der Waals surface area contributed by atoms with E-state index in [9.17, 15) is 0 Å². The van der Waals surface area contributed by atoms with Gasteiger partial charge in [0.15, 0.2) is 5.11 Å². The Morgan fingerprint density at radius 2 is 1.79 bits per heavy atom. The number of fused-ring (bicyclic) bond motifs is 1. The second-order valence-corrected chi connectivity index (χ2v) is 4.49. The SMILES string of the molecule is S=C(Nc1ccccc1)Nc1ccc2nc[nH]c2c1. The molecule has 0 spiro atoms. The molecule has 0 fully saturated rings. The van der Waals surface area contributed by atoms with Crippen LogP contribution in [0, 0.1) is 0 Å². The summed E-state index contributed by atoms with van der Waals surface area (Å²) < 4.78 is 0. The van der Waals surface area contributed by atoms with Gasteiger partial charge in [-0.15, -0.1) is 0 Å². The molecule has 0 radical (unpaired) electrons. The highest BCUT2D eigenvalue weighted by atomic mass is 32.1. The van der Waals surface area contributed by atoms with E-state index in [1.807, 2.05) is 48.5 Å². The van der Waals surface area contributed by atoms with Crippen molar-refractivity contribution in [3.05, 3.63) is 54.9 Å². The van der Waals surface area contributed by atoms with Gasteiger partial charge >= 0.3 is 0 Å². The van der Waals surface area contributed by atoms with Gasteiger partial charge < -0.3 is 15.6 Å². The van der Waals surface area contributed by atoms with Gasteiger partial charge in [-0.3, -0.25) is 0 Å². The van der Waals surface area contributed by atoms with Crippen molar-refractivity contribution in [1.82, 2.24) is 9.97 Å². The van der Waals surface area contributed by atoms with E-state index in [1.165, 1.54) is 0 Å². The van der Waals surface area contributed by atoms with Gasteiger partial charge in [-0.1, -0.05) is 18.2 Å². The Balaban J connectivity index is 1.72. The van der Waals surface area contributed by atoms with E-state index in [-0.39, 0.29) is 0 Å². The number of thiocarbonyl (C=S) groups is 1. The molecule has 94 valence electrons. The van der Waals surface area contributed by atoms with E-state index in [4.69, 9.17) is 12.2 Å². The summed E-state index contributed by atoms with van der Waals surface area (Å²) in [6, 6.07) is 15.7. The van der Waals surface area contributed by atoms with Gasteiger partial charge in [0, 0.05) is 11.4 Å². The van der Waals surface area contributed by atoms with E-state index < -0.39 is 0 Å². The number of nitrogens with zero attached hydrogens (tertiary/aromatic N) is 1. The summed E-state index contributed by atoms with van der Waals surface area (Å²) >= 11 is 5.27. The zero-order chi connectivity index (χ0) is 13.1. The monoisotopic (exact) mass is 268 g/mol. The summed E-state index contributed by atoms with van der Waals surface area (Å²) in [6.45, 7) is 0. The van der Waals surface area contributed by atoms with Gasteiger partial charge in [0.25, 0.3) is 0 Å². The van der Waals surface area contributed by atoms with Crippen molar-refractivity contribution in [2.45, 2.75) is 0 Å². The maximum atomic E-state index is 5.27. The predicted molar refractivity (Wildman–Crippen MR) is 82.4 cm³/mol. The lowest BCUT2D eigenvalue weighted by molar-refractivity contribution is 1.34. The van der Waals surface area contributed by atoms with Crippen LogP contribution in [0.2, 0.25) is 0 Å². The predicted octanol–water partition coefficient (Wildman–Crippen LogP) is 3.37. The van der Waals surface area contributed by atoms with Crippen molar-refractivity contribution in [3.8, 4) is 0 Å². The summed E-state index contributed by atoms with van der Waals surface area (Å²) in [5.41, 5.74) is 3.80. The molecular weight excluding hydrogens is 256 g/mol. The number of para-hydroxylation sites is 1. The molecule has 19 heavy (non-hydrogen) atoms. The Hall–Kier alpha value is -2.40. The fourth-order valence-corrected chi connectivity index (χ4v) is 2.06. The highest BCUT2D eigenvalue weighted by molar-refractivity contribution is 7.80. The maximum Gasteiger partial charge on any atom is 0.175 e. The van der Waals surface area contributed by atoms with Gasteiger partial charge in [-0.05, 0) is 42.5 Å². The van der Waals surface area contributed by atoms with Gasteiger partial charge in [0.05, 0.1) is 17.4 Å². The van der Waals surface area contributed by atoms with E-state index in [2.05, 4.69) is 20.6 Å². The Bertz CT molecular complexity index is 706. The Morgan fingerprint density at radius 3 is 2.63 bits per heavy atom. The van der Waals surface area contributed by atoms with Crippen LogP contribution in [0.1, 0.15) is 0 Å². The quantitative estimate of drug-likeness (QED) is 0.624. The Morgan fingerprint density at radius 1 is 1.00 bits per heavy atom. The van der Waals surface area contributed by atoms with Crippen LogP contribution < -0.4 is 10.6 Å². The lowest BCUT2D eigenvalue weighted by Gasteiger charge is -2.10. The third-order valence-electron chi connectivity index (χ3n) is 2.71. The molecule has 1 aromatic heterocycles. The molecule has 2 aromatic carbocycles. The lowest BCUT2D eigenvalue weighted by atomic mass is 10.3. The zero-order valence-electron chi connectivity index (χ0n) is 10.1. The van der Waals surface area contributed by atoms with E-state index in [0.717, 1.165) is 22.4 Å². The summed E-state index contributed by atoms with van der Waals surface area (Å²) in [4.78, 5) is 7.24. The molecule has 0 unspecified atom stereocenters. The van der Waals surface area contributed by atoms with E-state index in [0.29, 0.717) is 5.11 Å². The molecule has 1 heterocycles. The van der Waals surface area contributed by atoms with Crippen LogP contribution in [0.15, 0.2) is 54.9 Å². The number of rotatable bonds is 2. The third kappa shape index (κ3) is 2.71. The van der Waals surface area contributed by atoms with Crippen LogP contribution >= 0.6 is 12.2 Å². The molecule has 0 aliphatic rings. The van der Waals surface area contributed by atoms with Crippen molar-refractivity contribution in [3.63, 3.8) is 0 Å². The lowest BCUT2D eigenvalue weighted by Crippen LogP contribution is -2.18. The molecule has 3 aromatic rings. The molecule has 0 aliphatic carbocycles. The van der Waals surface area contributed by atoms with Crippen molar-refractivity contribution >= 4 is 39.7 Å². The molecule has 0 aliphatic heterocycles. The minimum Gasteiger partial charge on any atom is -0.345 e. The van der Waals surface area contributed by atoms with Crippen molar-refractivity contribution in [2.24, 2.45) is 0 Å². The second-order valence-electron chi connectivity index (χ2n) is 4.08. The average molecular weight is 268 g/mol. The maximum absolute atomic E-state index is 5.27. The number of benzene rings is 2. The molecule has 0 saturated carbocycles. The normalized spacial score (nSPS) is 10.3. The first-order valence-electron chi connectivity index (χ1n) is 5.87. The first kappa shape index (κ1) is 11.7. The third-order valence-corrected chi connectivity index (χ3v) is 2.91. The van der Waals surface area contributed by atoms with Crippen LogP contribution in [-0.2, 0) is 0 Å². The highest BCUT2D eigenvalue weighted by Gasteiger charge is 2.01. The first-order valence-corrected chi connectivity index (χ1v) is 6.28. The standard InChI is InChI=1S/C14H12N4S/c19-14(17-10-4-2-1-3-5-10)18-11-6-7-12-13(8-11)16-9-15-12/h1-9H,(H,15,16)(H2,17,18,19). The molecule has 0 atom stereocenters. The number of imidazole rings is 1. The highest BCUT2D eigenvalue weighted by Crippen LogP contribution is 2.16. The Labute approximate surface area is 115 Å². The topological polar surface area (TPSA) is 52.7 Å². The van der Waals surface area contributed by atoms with Crippen LogP contribution in [0.25, 0.3) is 11.0 Å². The number of nitrogens with one attached hydrogen (secondary N) is 3. The molecular formula is C14H12N4S. The minimum absolute atomic E-state index is 0.560. The summed E-state index contributed by atoms with van der Waals surface area (Å²) in [6.07, 6.45) is 1.68. The van der Waals surface area contributed by atoms with Gasteiger partial charge in [-0.2, -0.15) is 0 Å². The van der Waals surface area contributed by atoms with Gasteiger partial charge in [-0.25, -0.2) is 4.98 Å². The van der Waals surface area contributed by atoms with Crippen LogP contribution in [-0.4, -0.2) is 15.1 Å². The van der Waals surface area contributed by atoms with Gasteiger partial charge in [0.2, 0.25) is 0 Å².